The number of likely N-dealkylation sites (tertiary alicyclic amines) is 1. The maximum atomic E-state index is 13.2. The molecule has 1 aromatic heterocycles. The van der Waals surface area contributed by atoms with Crippen molar-refractivity contribution in [1.82, 2.24) is 9.88 Å². The van der Waals surface area contributed by atoms with Crippen LogP contribution in [0.2, 0.25) is 0 Å². The normalized spacial score (nSPS) is 15.8. The van der Waals surface area contributed by atoms with Crippen LogP contribution in [-0.4, -0.2) is 48.5 Å². The van der Waals surface area contributed by atoms with Crippen molar-refractivity contribution in [2.75, 3.05) is 26.1 Å². The van der Waals surface area contributed by atoms with Crippen molar-refractivity contribution in [3.63, 3.8) is 0 Å². The molecule has 0 radical (unpaired) electrons. The minimum absolute atomic E-state index is 0.194. The lowest BCUT2D eigenvalue weighted by atomic mass is 10.00. The lowest BCUT2D eigenvalue weighted by molar-refractivity contribution is -0.121. The van der Waals surface area contributed by atoms with Gasteiger partial charge in [0.05, 0.1) is 25.5 Å². The van der Waals surface area contributed by atoms with Crippen LogP contribution in [0.4, 0.5) is 5.13 Å². The van der Waals surface area contributed by atoms with Gasteiger partial charge in [-0.2, -0.15) is 0 Å². The molecule has 32 heavy (non-hydrogen) atoms. The van der Waals surface area contributed by atoms with Gasteiger partial charge in [0.2, 0.25) is 5.91 Å². The molecule has 0 bridgehead atoms. The molecule has 3 aromatic rings. The van der Waals surface area contributed by atoms with Crippen molar-refractivity contribution in [2.45, 2.75) is 25.3 Å². The van der Waals surface area contributed by atoms with E-state index < -0.39 is 6.04 Å². The van der Waals surface area contributed by atoms with E-state index >= 15 is 0 Å². The molecule has 7 nitrogen and oxygen atoms in total. The second-order valence-corrected chi connectivity index (χ2v) is 8.32. The first-order valence-corrected chi connectivity index (χ1v) is 11.3. The van der Waals surface area contributed by atoms with Crippen LogP contribution in [0, 0.1) is 0 Å². The van der Waals surface area contributed by atoms with Crippen molar-refractivity contribution in [3.8, 4) is 22.8 Å². The van der Waals surface area contributed by atoms with Gasteiger partial charge >= 0.3 is 0 Å². The van der Waals surface area contributed by atoms with E-state index in [0.717, 1.165) is 29.8 Å². The summed E-state index contributed by atoms with van der Waals surface area (Å²) >= 11 is 1.36. The maximum Gasteiger partial charge on any atom is 0.258 e. The zero-order chi connectivity index (χ0) is 22.5. The summed E-state index contributed by atoms with van der Waals surface area (Å²) in [6.45, 7) is 0.532. The largest absolute Gasteiger partial charge is 0.497 e. The van der Waals surface area contributed by atoms with E-state index in [1.807, 2.05) is 35.7 Å². The highest BCUT2D eigenvalue weighted by molar-refractivity contribution is 7.14. The van der Waals surface area contributed by atoms with Crippen LogP contribution >= 0.6 is 11.3 Å². The van der Waals surface area contributed by atoms with Crippen LogP contribution in [-0.2, 0) is 4.79 Å². The number of methoxy groups -OCH3 is 2. The number of carbonyl (C=O) groups is 2. The van der Waals surface area contributed by atoms with Gasteiger partial charge < -0.3 is 19.7 Å². The lowest BCUT2D eigenvalue weighted by Crippen LogP contribution is -2.50. The number of thiazole rings is 1. The zero-order valence-corrected chi connectivity index (χ0v) is 18.9. The highest BCUT2D eigenvalue weighted by Gasteiger charge is 2.34. The third-order valence-electron chi connectivity index (χ3n) is 5.52. The Morgan fingerprint density at radius 3 is 2.59 bits per heavy atom. The Bertz CT molecular complexity index is 1100. The van der Waals surface area contributed by atoms with Crippen LogP contribution < -0.4 is 14.8 Å². The molecule has 1 fully saturated rings. The first-order valence-electron chi connectivity index (χ1n) is 10.5. The van der Waals surface area contributed by atoms with Crippen LogP contribution in [0.3, 0.4) is 0 Å². The molecule has 8 heteroatoms. The number of hydrogen-bond acceptors (Lipinski definition) is 6. The van der Waals surface area contributed by atoms with Gasteiger partial charge in [-0.25, -0.2) is 4.98 Å². The molecule has 0 spiro atoms. The van der Waals surface area contributed by atoms with Crippen molar-refractivity contribution in [1.29, 1.82) is 0 Å². The number of para-hydroxylation sites is 1. The van der Waals surface area contributed by atoms with Gasteiger partial charge in [0.15, 0.2) is 5.13 Å². The van der Waals surface area contributed by atoms with Crippen LogP contribution in [0.25, 0.3) is 11.3 Å². The molecule has 0 unspecified atom stereocenters. The molecular formula is C24H25N3O4S. The van der Waals surface area contributed by atoms with Gasteiger partial charge in [-0.1, -0.05) is 12.1 Å². The summed E-state index contributed by atoms with van der Waals surface area (Å²) in [6.07, 6.45) is 2.37. The summed E-state index contributed by atoms with van der Waals surface area (Å²) in [6, 6.07) is 14.1. The molecule has 2 amide bonds. The Morgan fingerprint density at radius 2 is 1.84 bits per heavy atom. The predicted molar refractivity (Wildman–Crippen MR) is 124 cm³/mol. The fraction of sp³-hybridized carbons (Fsp3) is 0.292. The van der Waals surface area contributed by atoms with Crippen molar-refractivity contribution < 1.29 is 19.1 Å². The average Bonchev–Trinajstić information content (AvgIpc) is 3.32. The second kappa shape index (κ2) is 9.82. The van der Waals surface area contributed by atoms with Crippen LogP contribution in [0.15, 0.2) is 53.9 Å². The number of carbonyl (C=O) groups excluding carboxylic acids is 2. The molecule has 1 atom stereocenters. The van der Waals surface area contributed by atoms with Gasteiger partial charge in [0, 0.05) is 17.5 Å². The zero-order valence-electron chi connectivity index (χ0n) is 18.0. The topological polar surface area (TPSA) is 80.8 Å². The monoisotopic (exact) mass is 451 g/mol. The number of rotatable bonds is 6. The second-order valence-electron chi connectivity index (χ2n) is 7.47. The number of nitrogens with zero attached hydrogens (tertiary/aromatic N) is 2. The van der Waals surface area contributed by atoms with Crippen molar-refractivity contribution in [2.24, 2.45) is 0 Å². The van der Waals surface area contributed by atoms with Gasteiger partial charge in [-0.15, -0.1) is 11.3 Å². The van der Waals surface area contributed by atoms with Crippen molar-refractivity contribution >= 4 is 28.3 Å². The minimum atomic E-state index is -0.547. The fourth-order valence-electron chi connectivity index (χ4n) is 3.84. The number of amides is 2. The molecule has 4 rings (SSSR count). The van der Waals surface area contributed by atoms with Gasteiger partial charge in [-0.05, 0) is 55.7 Å². The lowest BCUT2D eigenvalue weighted by Gasteiger charge is -2.34. The van der Waals surface area contributed by atoms with Gasteiger partial charge in [-0.3, -0.25) is 9.59 Å². The first kappa shape index (κ1) is 21.8. The molecule has 1 aliphatic rings. The Kier molecular flexibility index (Phi) is 6.70. The predicted octanol–water partition coefficient (Wildman–Crippen LogP) is 4.46. The molecule has 2 heterocycles. The van der Waals surface area contributed by atoms with E-state index in [9.17, 15) is 9.59 Å². The molecule has 1 N–H and O–H groups in total. The summed E-state index contributed by atoms with van der Waals surface area (Å²) in [5.41, 5.74) is 2.18. The summed E-state index contributed by atoms with van der Waals surface area (Å²) in [4.78, 5) is 32.5. The highest BCUT2D eigenvalue weighted by Crippen LogP contribution is 2.28. The van der Waals surface area contributed by atoms with Gasteiger partial charge in [0.25, 0.3) is 5.91 Å². The average molecular weight is 452 g/mol. The minimum Gasteiger partial charge on any atom is -0.497 e. The summed E-state index contributed by atoms with van der Waals surface area (Å²) in [5.74, 6) is 0.866. The van der Waals surface area contributed by atoms with E-state index in [1.165, 1.54) is 18.4 Å². The molecule has 2 aromatic carbocycles. The Labute approximate surface area is 191 Å². The third kappa shape index (κ3) is 4.60. The fourth-order valence-corrected chi connectivity index (χ4v) is 4.56. The van der Waals surface area contributed by atoms with E-state index in [0.29, 0.717) is 29.4 Å². The van der Waals surface area contributed by atoms with E-state index in [1.54, 1.807) is 30.2 Å². The quantitative estimate of drug-likeness (QED) is 0.598. The number of ether oxygens (including phenoxy) is 2. The Morgan fingerprint density at radius 1 is 1.06 bits per heavy atom. The SMILES string of the molecule is COc1ccc(-c2csc(NC(=O)[C@H]3CCCCN3C(=O)c3ccccc3OC)n2)cc1. The number of piperidine rings is 1. The summed E-state index contributed by atoms with van der Waals surface area (Å²) in [5, 5.41) is 5.32. The molecule has 1 aliphatic heterocycles. The number of anilines is 1. The third-order valence-corrected chi connectivity index (χ3v) is 6.28. The van der Waals surface area contributed by atoms with Gasteiger partial charge in [0.1, 0.15) is 17.5 Å². The Hall–Kier alpha value is -3.39. The standard InChI is InChI=1S/C24H25N3O4S/c1-30-17-12-10-16(11-13-17)19-15-32-24(25-19)26-22(28)20-8-5-6-14-27(20)23(29)18-7-3-4-9-21(18)31-2/h3-4,7,9-13,15,20H,5-6,8,14H2,1-2H3,(H,25,26,28)/t20-/m1/s1. The molecule has 166 valence electrons. The van der Waals surface area contributed by atoms with Crippen LogP contribution in [0.1, 0.15) is 29.6 Å². The van der Waals surface area contributed by atoms with E-state index in [-0.39, 0.29) is 11.8 Å². The van der Waals surface area contributed by atoms with E-state index in [4.69, 9.17) is 9.47 Å². The Balaban J connectivity index is 1.49. The smallest absolute Gasteiger partial charge is 0.258 e. The molecule has 0 saturated carbocycles. The van der Waals surface area contributed by atoms with Crippen LogP contribution in [0.5, 0.6) is 11.5 Å². The molecule has 0 aliphatic carbocycles. The number of benzene rings is 2. The molecular weight excluding hydrogens is 426 g/mol. The summed E-state index contributed by atoms with van der Waals surface area (Å²) < 4.78 is 10.5. The highest BCUT2D eigenvalue weighted by atomic mass is 32.1. The van der Waals surface area contributed by atoms with Crippen molar-refractivity contribution in [3.05, 3.63) is 59.5 Å². The first-order chi connectivity index (χ1) is 15.6. The molecule has 1 saturated heterocycles. The number of hydrogen-bond donors (Lipinski definition) is 1. The van der Waals surface area contributed by atoms with E-state index in [2.05, 4.69) is 10.3 Å². The number of aromatic nitrogens is 1. The number of nitrogens with one attached hydrogen (secondary N) is 1. The summed E-state index contributed by atoms with van der Waals surface area (Å²) in [7, 11) is 3.16. The maximum absolute atomic E-state index is 13.2.